The second-order valence-electron chi connectivity index (χ2n) is 6.89. The van der Waals surface area contributed by atoms with Crippen LogP contribution in [0, 0.1) is 6.92 Å². The monoisotopic (exact) mass is 395 g/mol. The number of hydrogen-bond donors (Lipinski definition) is 0. The quantitative estimate of drug-likeness (QED) is 0.630. The first kappa shape index (κ1) is 18.9. The van der Waals surface area contributed by atoms with Gasteiger partial charge in [-0.25, -0.2) is 9.78 Å². The Kier molecular flexibility index (Phi) is 4.92. The van der Waals surface area contributed by atoms with E-state index in [4.69, 9.17) is 9.15 Å². The zero-order valence-electron chi connectivity index (χ0n) is 16.3. The predicted octanol–water partition coefficient (Wildman–Crippen LogP) is 2.45. The van der Waals surface area contributed by atoms with Crippen molar-refractivity contribution >= 4 is 28.7 Å². The molecule has 3 aromatic rings. The summed E-state index contributed by atoms with van der Waals surface area (Å²) in [6.07, 6.45) is 3.06. The number of aryl methyl sites for hydroxylation is 2. The molecule has 1 amide bonds. The van der Waals surface area contributed by atoms with E-state index in [1.54, 1.807) is 18.7 Å². The van der Waals surface area contributed by atoms with Crippen molar-refractivity contribution in [3.63, 3.8) is 0 Å². The van der Waals surface area contributed by atoms with Crippen molar-refractivity contribution < 1.29 is 18.7 Å². The summed E-state index contributed by atoms with van der Waals surface area (Å²) in [5.41, 5.74) is 1.60. The number of carbonyl (C=O) groups is 2. The second-order valence-corrected chi connectivity index (χ2v) is 6.89. The molecule has 29 heavy (non-hydrogen) atoms. The molecule has 0 unspecified atom stereocenters. The van der Waals surface area contributed by atoms with Gasteiger partial charge in [0.1, 0.15) is 29.6 Å². The molecule has 1 aliphatic heterocycles. The van der Waals surface area contributed by atoms with Gasteiger partial charge in [-0.15, -0.1) is 0 Å². The lowest BCUT2D eigenvalue weighted by molar-refractivity contribution is -0.119. The smallest absolute Gasteiger partial charge is 0.342 e. The van der Waals surface area contributed by atoms with Crippen molar-refractivity contribution in [1.29, 1.82) is 0 Å². The largest absolute Gasteiger partial charge is 0.462 e. The molecular formula is C21H21N3O5. The van der Waals surface area contributed by atoms with Crippen LogP contribution in [0.25, 0.3) is 11.1 Å². The number of carbonyl (C=O) groups excluding carboxylic acids is 2. The van der Waals surface area contributed by atoms with E-state index in [9.17, 15) is 14.4 Å². The Balaban J connectivity index is 1.70. The molecule has 0 N–H and O–H groups in total. The number of rotatable bonds is 4. The van der Waals surface area contributed by atoms with Crippen LogP contribution in [0.1, 0.15) is 35.0 Å². The number of aromatic nitrogens is 2. The molecule has 0 bridgehead atoms. The van der Waals surface area contributed by atoms with Gasteiger partial charge in [-0.05, 0) is 38.3 Å². The van der Waals surface area contributed by atoms with Gasteiger partial charge in [0.2, 0.25) is 11.6 Å². The SMILES string of the molecule is CCOC(=O)c1c(C)oc2ncn(CC(=O)N3CCCc4ccccc43)c(=O)c12. The molecule has 8 heteroatoms. The molecule has 0 saturated carbocycles. The third-order valence-corrected chi connectivity index (χ3v) is 5.05. The topological polar surface area (TPSA) is 94.6 Å². The van der Waals surface area contributed by atoms with Crippen molar-refractivity contribution in [2.24, 2.45) is 0 Å². The highest BCUT2D eigenvalue weighted by atomic mass is 16.5. The van der Waals surface area contributed by atoms with E-state index in [0.29, 0.717) is 6.54 Å². The van der Waals surface area contributed by atoms with Gasteiger partial charge >= 0.3 is 5.97 Å². The third-order valence-electron chi connectivity index (χ3n) is 5.05. The average Bonchev–Trinajstić information content (AvgIpc) is 3.06. The molecule has 0 spiro atoms. The fourth-order valence-electron chi connectivity index (χ4n) is 3.72. The molecule has 1 aliphatic rings. The summed E-state index contributed by atoms with van der Waals surface area (Å²) >= 11 is 0. The average molecular weight is 395 g/mol. The Bertz CT molecular complexity index is 1160. The zero-order chi connectivity index (χ0) is 20.5. The molecule has 0 radical (unpaired) electrons. The second kappa shape index (κ2) is 7.54. The molecule has 150 valence electrons. The van der Waals surface area contributed by atoms with Crippen LogP contribution >= 0.6 is 0 Å². The Morgan fingerprint density at radius 3 is 2.86 bits per heavy atom. The summed E-state index contributed by atoms with van der Waals surface area (Å²) in [5.74, 6) is -0.591. The summed E-state index contributed by atoms with van der Waals surface area (Å²) in [7, 11) is 0. The maximum Gasteiger partial charge on any atom is 0.342 e. The maximum atomic E-state index is 13.0. The molecule has 0 saturated heterocycles. The number of benzene rings is 1. The lowest BCUT2D eigenvalue weighted by Crippen LogP contribution is -2.39. The highest BCUT2D eigenvalue weighted by Crippen LogP contribution is 2.27. The summed E-state index contributed by atoms with van der Waals surface area (Å²) in [4.78, 5) is 44.1. The van der Waals surface area contributed by atoms with Crippen molar-refractivity contribution in [3.05, 3.63) is 57.8 Å². The van der Waals surface area contributed by atoms with Gasteiger partial charge in [0.25, 0.3) is 5.56 Å². The van der Waals surface area contributed by atoms with Crippen LogP contribution in [0.15, 0.2) is 39.8 Å². The first-order valence-corrected chi connectivity index (χ1v) is 9.55. The highest BCUT2D eigenvalue weighted by molar-refractivity contribution is 6.03. The number of furan rings is 1. The van der Waals surface area contributed by atoms with E-state index in [1.807, 2.05) is 24.3 Å². The number of nitrogens with zero attached hydrogens (tertiary/aromatic N) is 3. The van der Waals surface area contributed by atoms with E-state index in [2.05, 4.69) is 4.98 Å². The fraction of sp³-hybridized carbons (Fsp3) is 0.333. The first-order valence-electron chi connectivity index (χ1n) is 9.55. The van der Waals surface area contributed by atoms with Crippen molar-refractivity contribution in [2.75, 3.05) is 18.1 Å². The van der Waals surface area contributed by atoms with Crippen LogP contribution in [0.2, 0.25) is 0 Å². The van der Waals surface area contributed by atoms with Gasteiger partial charge in [-0.1, -0.05) is 18.2 Å². The summed E-state index contributed by atoms with van der Waals surface area (Å²) in [5, 5.41) is 0.0373. The number of amides is 1. The first-order chi connectivity index (χ1) is 14.0. The van der Waals surface area contributed by atoms with Gasteiger partial charge in [0, 0.05) is 12.2 Å². The minimum atomic E-state index is -0.642. The van der Waals surface area contributed by atoms with E-state index < -0.39 is 11.5 Å². The minimum Gasteiger partial charge on any atom is -0.462 e. The van der Waals surface area contributed by atoms with E-state index in [-0.39, 0.29) is 41.5 Å². The van der Waals surface area contributed by atoms with Gasteiger partial charge < -0.3 is 14.1 Å². The van der Waals surface area contributed by atoms with Crippen LogP contribution in [0.4, 0.5) is 5.69 Å². The summed E-state index contributed by atoms with van der Waals surface area (Å²) < 4.78 is 11.7. The number of para-hydroxylation sites is 1. The lowest BCUT2D eigenvalue weighted by Gasteiger charge is -2.29. The van der Waals surface area contributed by atoms with E-state index in [0.717, 1.165) is 24.1 Å². The van der Waals surface area contributed by atoms with Crippen LogP contribution < -0.4 is 10.5 Å². The van der Waals surface area contributed by atoms with Gasteiger partial charge in [0.05, 0.1) is 6.61 Å². The molecule has 8 nitrogen and oxygen atoms in total. The van der Waals surface area contributed by atoms with Crippen LogP contribution in [0.3, 0.4) is 0 Å². The number of esters is 1. The zero-order valence-corrected chi connectivity index (χ0v) is 16.3. The van der Waals surface area contributed by atoms with Crippen molar-refractivity contribution in [2.45, 2.75) is 33.2 Å². The number of fused-ring (bicyclic) bond motifs is 2. The third kappa shape index (κ3) is 3.30. The van der Waals surface area contributed by atoms with Crippen molar-refractivity contribution in [1.82, 2.24) is 9.55 Å². The van der Waals surface area contributed by atoms with E-state index >= 15 is 0 Å². The van der Waals surface area contributed by atoms with Crippen molar-refractivity contribution in [3.8, 4) is 0 Å². The molecule has 2 aromatic heterocycles. The van der Waals surface area contributed by atoms with Gasteiger partial charge in [-0.2, -0.15) is 0 Å². The minimum absolute atomic E-state index is 0.0373. The lowest BCUT2D eigenvalue weighted by atomic mass is 10.0. The standard InChI is InChI=1S/C21H21N3O5/c1-3-28-21(27)17-13(2)29-19-18(17)20(26)23(12-22-19)11-16(25)24-10-6-8-14-7-4-5-9-15(14)24/h4-5,7,9,12H,3,6,8,10-11H2,1-2H3. The molecule has 0 fully saturated rings. The molecular weight excluding hydrogens is 374 g/mol. The Morgan fingerprint density at radius 1 is 1.28 bits per heavy atom. The van der Waals surface area contributed by atoms with E-state index in [1.165, 1.54) is 10.9 Å². The summed E-state index contributed by atoms with van der Waals surface area (Å²) in [6.45, 7) is 3.85. The Hall–Kier alpha value is -3.42. The molecule has 1 aromatic carbocycles. The van der Waals surface area contributed by atoms with Gasteiger partial charge in [0.15, 0.2) is 0 Å². The summed E-state index contributed by atoms with van der Waals surface area (Å²) in [6, 6.07) is 7.76. The fourth-order valence-corrected chi connectivity index (χ4v) is 3.72. The maximum absolute atomic E-state index is 13.0. The molecule has 3 heterocycles. The highest BCUT2D eigenvalue weighted by Gasteiger charge is 2.26. The van der Waals surface area contributed by atoms with Crippen LogP contribution in [0.5, 0.6) is 0 Å². The Labute approximate surface area is 166 Å². The number of hydrogen-bond acceptors (Lipinski definition) is 6. The number of anilines is 1. The predicted molar refractivity (Wildman–Crippen MR) is 106 cm³/mol. The molecule has 0 atom stereocenters. The van der Waals surface area contributed by atoms with Crippen LogP contribution in [-0.4, -0.2) is 34.6 Å². The normalized spacial score (nSPS) is 13.4. The van der Waals surface area contributed by atoms with Crippen LogP contribution in [-0.2, 0) is 22.5 Å². The van der Waals surface area contributed by atoms with Gasteiger partial charge in [-0.3, -0.25) is 14.2 Å². The molecule has 0 aliphatic carbocycles. The molecule has 4 rings (SSSR count). The number of ether oxygens (including phenoxy) is 1. The Morgan fingerprint density at radius 2 is 2.07 bits per heavy atom.